The zero-order valence-electron chi connectivity index (χ0n) is 18.0. The van der Waals surface area contributed by atoms with Crippen LogP contribution in [0.4, 0.5) is 18.0 Å². The van der Waals surface area contributed by atoms with E-state index in [2.05, 4.69) is 19.9 Å². The molecule has 31 heavy (non-hydrogen) atoms. The summed E-state index contributed by atoms with van der Waals surface area (Å²) in [5.74, 6) is 0.798. The lowest BCUT2D eigenvalue weighted by molar-refractivity contribution is -0.176. The Labute approximate surface area is 180 Å². The molecule has 0 aliphatic carbocycles. The number of carbonyl (C=O) groups is 1. The van der Waals surface area contributed by atoms with E-state index in [9.17, 15) is 18.0 Å². The highest BCUT2D eigenvalue weighted by molar-refractivity contribution is 5.82. The first-order valence-corrected chi connectivity index (χ1v) is 10.3. The minimum absolute atomic E-state index is 0.0798. The van der Waals surface area contributed by atoms with Gasteiger partial charge in [0.2, 0.25) is 0 Å². The summed E-state index contributed by atoms with van der Waals surface area (Å²) in [5, 5.41) is 3.32. The lowest BCUT2D eigenvalue weighted by Crippen LogP contribution is -2.57. The first-order chi connectivity index (χ1) is 14.5. The molecule has 1 aromatic carbocycles. The molecule has 1 N–H and O–H groups in total. The first-order valence-electron chi connectivity index (χ1n) is 10.3. The van der Waals surface area contributed by atoms with Gasteiger partial charge in [0.25, 0.3) is 0 Å². The van der Waals surface area contributed by atoms with Gasteiger partial charge in [-0.3, -0.25) is 4.99 Å². The molecule has 10 heteroatoms. The normalized spacial score (nSPS) is 19.2. The van der Waals surface area contributed by atoms with Gasteiger partial charge in [-0.1, -0.05) is 24.3 Å². The SMILES string of the molecule is CC(C)(C)OC(=O)N1CCN2C(NCc3ccc(COCC(F)(F)F)cc3)=NCC2C1. The number of amides is 1. The Morgan fingerprint density at radius 1 is 1.16 bits per heavy atom. The monoisotopic (exact) mass is 442 g/mol. The molecular formula is C21H29F3N4O3. The van der Waals surface area contributed by atoms with Crippen LogP contribution in [-0.2, 0) is 22.6 Å². The molecular weight excluding hydrogens is 413 g/mol. The Balaban J connectivity index is 1.44. The molecule has 0 spiro atoms. The van der Waals surface area contributed by atoms with Crippen molar-refractivity contribution < 1.29 is 27.4 Å². The molecule has 1 atom stereocenters. The van der Waals surface area contributed by atoms with E-state index in [-0.39, 0.29) is 18.7 Å². The van der Waals surface area contributed by atoms with Crippen LogP contribution < -0.4 is 5.32 Å². The van der Waals surface area contributed by atoms with Crippen LogP contribution in [0.2, 0.25) is 0 Å². The number of benzene rings is 1. The third-order valence-electron chi connectivity index (χ3n) is 4.87. The lowest BCUT2D eigenvalue weighted by atomic mass is 10.1. The van der Waals surface area contributed by atoms with E-state index in [0.717, 1.165) is 11.5 Å². The van der Waals surface area contributed by atoms with Crippen LogP contribution in [0.3, 0.4) is 0 Å². The number of fused-ring (bicyclic) bond motifs is 1. The quantitative estimate of drug-likeness (QED) is 0.759. The number of hydrogen-bond acceptors (Lipinski definition) is 6. The third kappa shape index (κ3) is 7.02. The van der Waals surface area contributed by atoms with Crippen LogP contribution in [0, 0.1) is 0 Å². The fourth-order valence-electron chi connectivity index (χ4n) is 3.44. The van der Waals surface area contributed by atoms with Crippen molar-refractivity contribution in [2.75, 3.05) is 32.8 Å². The second-order valence-electron chi connectivity index (χ2n) is 8.72. The Morgan fingerprint density at radius 2 is 1.84 bits per heavy atom. The molecule has 1 saturated heterocycles. The van der Waals surface area contributed by atoms with E-state index in [1.54, 1.807) is 17.0 Å². The molecule has 0 aromatic heterocycles. The number of nitrogens with one attached hydrogen (secondary N) is 1. The second-order valence-corrected chi connectivity index (χ2v) is 8.72. The molecule has 2 aliphatic heterocycles. The van der Waals surface area contributed by atoms with Crippen LogP contribution in [0.15, 0.2) is 29.3 Å². The number of halogens is 3. The standard InChI is InChI=1S/C21H29F3N4O3/c1-20(2,3)31-19(29)27-8-9-28-17(12-27)11-26-18(28)25-10-15-4-6-16(7-5-15)13-30-14-21(22,23)24/h4-7,17H,8-14H2,1-3H3,(H,25,26). The second kappa shape index (κ2) is 9.33. The van der Waals surface area contributed by atoms with Gasteiger partial charge in [-0.15, -0.1) is 0 Å². The molecule has 0 saturated carbocycles. The van der Waals surface area contributed by atoms with Crippen molar-refractivity contribution in [3.05, 3.63) is 35.4 Å². The zero-order chi connectivity index (χ0) is 22.6. The number of aliphatic imine (C=N–C) groups is 1. The van der Waals surface area contributed by atoms with Gasteiger partial charge in [-0.25, -0.2) is 4.79 Å². The minimum Gasteiger partial charge on any atom is -0.444 e. The highest BCUT2D eigenvalue weighted by atomic mass is 19.4. The molecule has 3 rings (SSSR count). The average molecular weight is 442 g/mol. The fourth-order valence-corrected chi connectivity index (χ4v) is 3.44. The maximum atomic E-state index is 12.3. The number of ether oxygens (including phenoxy) is 2. The molecule has 0 radical (unpaired) electrons. The van der Waals surface area contributed by atoms with Gasteiger partial charge in [-0.05, 0) is 31.9 Å². The van der Waals surface area contributed by atoms with Crippen molar-refractivity contribution in [1.29, 1.82) is 0 Å². The number of alkyl halides is 3. The van der Waals surface area contributed by atoms with E-state index < -0.39 is 18.4 Å². The number of hydrogen-bond donors (Lipinski definition) is 1. The average Bonchev–Trinajstić information content (AvgIpc) is 3.07. The number of nitrogens with zero attached hydrogens (tertiary/aromatic N) is 3. The molecule has 0 bridgehead atoms. The summed E-state index contributed by atoms with van der Waals surface area (Å²) in [6.45, 7) is 7.18. The fraction of sp³-hybridized carbons (Fsp3) is 0.619. The molecule has 2 aliphatic rings. The largest absolute Gasteiger partial charge is 0.444 e. The first kappa shape index (κ1) is 23.2. The predicted molar refractivity (Wildman–Crippen MR) is 110 cm³/mol. The Kier molecular flexibility index (Phi) is 6.98. The van der Waals surface area contributed by atoms with Gasteiger partial charge in [0.15, 0.2) is 5.96 Å². The molecule has 7 nitrogen and oxygen atoms in total. The van der Waals surface area contributed by atoms with Crippen molar-refractivity contribution in [1.82, 2.24) is 15.1 Å². The predicted octanol–water partition coefficient (Wildman–Crippen LogP) is 3.15. The molecule has 1 fully saturated rings. The summed E-state index contributed by atoms with van der Waals surface area (Å²) in [6.07, 6.45) is -4.62. The van der Waals surface area contributed by atoms with E-state index in [0.29, 0.717) is 38.3 Å². The lowest BCUT2D eigenvalue weighted by Gasteiger charge is -2.39. The van der Waals surface area contributed by atoms with Gasteiger partial charge in [-0.2, -0.15) is 13.2 Å². The van der Waals surface area contributed by atoms with Crippen LogP contribution in [0.5, 0.6) is 0 Å². The molecule has 1 amide bonds. The number of piperazine rings is 1. The maximum Gasteiger partial charge on any atom is 0.411 e. The summed E-state index contributed by atoms with van der Waals surface area (Å²) in [4.78, 5) is 20.8. The van der Waals surface area contributed by atoms with Crippen molar-refractivity contribution in [2.45, 2.75) is 51.7 Å². The van der Waals surface area contributed by atoms with Crippen molar-refractivity contribution in [2.24, 2.45) is 4.99 Å². The van der Waals surface area contributed by atoms with Gasteiger partial charge in [0.1, 0.15) is 12.2 Å². The van der Waals surface area contributed by atoms with Crippen LogP contribution in [-0.4, -0.2) is 72.5 Å². The summed E-state index contributed by atoms with van der Waals surface area (Å²) in [7, 11) is 0. The number of guanidine groups is 1. The van der Waals surface area contributed by atoms with E-state index in [1.807, 2.05) is 32.9 Å². The van der Waals surface area contributed by atoms with Crippen LogP contribution in [0.1, 0.15) is 31.9 Å². The highest BCUT2D eigenvalue weighted by Gasteiger charge is 2.36. The maximum absolute atomic E-state index is 12.3. The van der Waals surface area contributed by atoms with Crippen molar-refractivity contribution >= 4 is 12.1 Å². The Hall–Kier alpha value is -2.49. The highest BCUT2D eigenvalue weighted by Crippen LogP contribution is 2.19. The van der Waals surface area contributed by atoms with Crippen molar-refractivity contribution in [3.8, 4) is 0 Å². The van der Waals surface area contributed by atoms with Crippen LogP contribution >= 0.6 is 0 Å². The number of rotatable bonds is 5. The third-order valence-corrected chi connectivity index (χ3v) is 4.87. The number of carbonyl (C=O) groups excluding carboxylic acids is 1. The van der Waals surface area contributed by atoms with Gasteiger partial charge >= 0.3 is 12.3 Å². The van der Waals surface area contributed by atoms with Crippen molar-refractivity contribution in [3.63, 3.8) is 0 Å². The Morgan fingerprint density at radius 3 is 2.48 bits per heavy atom. The van der Waals surface area contributed by atoms with E-state index in [1.165, 1.54) is 0 Å². The van der Waals surface area contributed by atoms with E-state index in [4.69, 9.17) is 4.74 Å². The molecule has 2 heterocycles. The zero-order valence-corrected chi connectivity index (χ0v) is 18.0. The minimum atomic E-state index is -4.32. The van der Waals surface area contributed by atoms with Gasteiger partial charge in [0, 0.05) is 26.2 Å². The van der Waals surface area contributed by atoms with Gasteiger partial charge < -0.3 is 24.6 Å². The van der Waals surface area contributed by atoms with E-state index >= 15 is 0 Å². The summed E-state index contributed by atoms with van der Waals surface area (Å²) < 4.78 is 46.6. The van der Waals surface area contributed by atoms with Gasteiger partial charge in [0.05, 0.1) is 19.2 Å². The molecule has 172 valence electrons. The Bertz CT molecular complexity index is 791. The smallest absolute Gasteiger partial charge is 0.411 e. The summed E-state index contributed by atoms with van der Waals surface area (Å²) in [6, 6.07) is 7.34. The summed E-state index contributed by atoms with van der Waals surface area (Å²) >= 11 is 0. The molecule has 1 unspecified atom stereocenters. The van der Waals surface area contributed by atoms with Crippen LogP contribution in [0.25, 0.3) is 0 Å². The molecule has 1 aromatic rings. The topological polar surface area (TPSA) is 66.4 Å². The summed E-state index contributed by atoms with van der Waals surface area (Å²) in [5.41, 5.74) is 1.15.